The topological polar surface area (TPSA) is 84.6 Å². The highest BCUT2D eigenvalue weighted by Gasteiger charge is 2.27. The lowest BCUT2D eigenvalue weighted by molar-refractivity contribution is -0.156. The van der Waals surface area contributed by atoms with Crippen LogP contribution in [0.1, 0.15) is 98.8 Å². The number of carbonyl (C=O) groups is 1. The molecule has 1 aliphatic rings. The van der Waals surface area contributed by atoms with E-state index in [2.05, 4.69) is 5.10 Å². The maximum absolute atomic E-state index is 15.8. The third kappa shape index (κ3) is 7.18. The summed E-state index contributed by atoms with van der Waals surface area (Å²) in [6, 6.07) is 8.55. The standard InChI is InChI=1S/C33H44FN3O5/c1-8-40-24(6)41-23(5)32-35-37(33(39)36(32)7)29-19-31(42-22(4)25-12-10-9-11-13-25)27(18-28(29)34)30(38)17-26-15-14-20(2)16-21(26)3/h14-16,18-19,22-25H,8-13,17H2,1-7H3. The minimum Gasteiger partial charge on any atom is -0.490 e. The first kappa shape index (κ1) is 31.6. The van der Waals surface area contributed by atoms with Gasteiger partial charge in [-0.15, -0.1) is 5.10 Å². The highest BCUT2D eigenvalue weighted by Crippen LogP contribution is 2.33. The monoisotopic (exact) mass is 581 g/mol. The summed E-state index contributed by atoms with van der Waals surface area (Å²) in [4.78, 5) is 26.9. The summed E-state index contributed by atoms with van der Waals surface area (Å²) in [7, 11) is 1.56. The van der Waals surface area contributed by atoms with E-state index in [1.807, 2.05) is 45.9 Å². The molecule has 3 aromatic rings. The number of nitrogens with zero attached hydrogens (tertiary/aromatic N) is 3. The minimum absolute atomic E-state index is 0.0826. The van der Waals surface area contributed by atoms with Crippen molar-refractivity contribution in [3.63, 3.8) is 0 Å². The summed E-state index contributed by atoms with van der Waals surface area (Å²) < 4.78 is 35.9. The second-order valence-corrected chi connectivity index (χ2v) is 11.5. The number of ketones is 1. The van der Waals surface area contributed by atoms with E-state index in [9.17, 15) is 9.59 Å². The molecule has 0 saturated heterocycles. The number of ether oxygens (including phenoxy) is 3. The van der Waals surface area contributed by atoms with Crippen LogP contribution in [0.15, 0.2) is 35.1 Å². The van der Waals surface area contributed by atoms with Crippen molar-refractivity contribution in [3.05, 3.63) is 74.7 Å². The van der Waals surface area contributed by atoms with E-state index in [0.717, 1.165) is 47.1 Å². The lowest BCUT2D eigenvalue weighted by Crippen LogP contribution is -2.27. The Morgan fingerprint density at radius 1 is 1.10 bits per heavy atom. The van der Waals surface area contributed by atoms with Crippen molar-refractivity contribution in [2.45, 2.75) is 98.6 Å². The van der Waals surface area contributed by atoms with Gasteiger partial charge in [0.2, 0.25) is 0 Å². The van der Waals surface area contributed by atoms with Gasteiger partial charge in [0.1, 0.15) is 23.4 Å². The van der Waals surface area contributed by atoms with Crippen LogP contribution in [0.4, 0.5) is 4.39 Å². The van der Waals surface area contributed by atoms with Crippen molar-refractivity contribution in [1.82, 2.24) is 14.3 Å². The van der Waals surface area contributed by atoms with Crippen LogP contribution in [0.25, 0.3) is 5.69 Å². The molecule has 3 atom stereocenters. The predicted molar refractivity (Wildman–Crippen MR) is 160 cm³/mol. The first-order valence-corrected chi connectivity index (χ1v) is 15.0. The van der Waals surface area contributed by atoms with Crippen LogP contribution in [0, 0.1) is 25.6 Å². The Labute approximate surface area is 247 Å². The Bertz CT molecular complexity index is 1460. The van der Waals surface area contributed by atoms with Crippen LogP contribution >= 0.6 is 0 Å². The zero-order chi connectivity index (χ0) is 30.6. The van der Waals surface area contributed by atoms with Gasteiger partial charge >= 0.3 is 5.69 Å². The largest absolute Gasteiger partial charge is 0.490 e. The van der Waals surface area contributed by atoms with Crippen molar-refractivity contribution in [2.75, 3.05) is 6.61 Å². The van der Waals surface area contributed by atoms with Gasteiger partial charge in [-0.2, -0.15) is 4.68 Å². The van der Waals surface area contributed by atoms with Gasteiger partial charge in [-0.25, -0.2) is 9.18 Å². The number of halogens is 1. The Hall–Kier alpha value is -3.30. The van der Waals surface area contributed by atoms with Gasteiger partial charge in [-0.1, -0.05) is 43.0 Å². The van der Waals surface area contributed by atoms with E-state index in [1.165, 1.54) is 23.1 Å². The molecule has 1 saturated carbocycles. The Morgan fingerprint density at radius 2 is 1.81 bits per heavy atom. The van der Waals surface area contributed by atoms with Gasteiger partial charge in [0.15, 0.2) is 17.9 Å². The lowest BCUT2D eigenvalue weighted by atomic mass is 9.86. The molecular weight excluding hydrogens is 537 g/mol. The van der Waals surface area contributed by atoms with E-state index in [1.54, 1.807) is 20.9 Å². The summed E-state index contributed by atoms with van der Waals surface area (Å²) in [5, 5.41) is 4.43. The molecule has 0 spiro atoms. The first-order valence-electron chi connectivity index (χ1n) is 15.0. The number of carbonyl (C=O) groups excluding carboxylic acids is 1. The number of benzene rings is 2. The summed E-state index contributed by atoms with van der Waals surface area (Å²) in [6.07, 6.45) is 4.41. The predicted octanol–water partition coefficient (Wildman–Crippen LogP) is 6.56. The van der Waals surface area contributed by atoms with Crippen LogP contribution in [0.3, 0.4) is 0 Å². The average molecular weight is 582 g/mol. The SMILES string of the molecule is CCOC(C)OC(C)c1nn(-c2cc(OC(C)C3CCCCC3)c(C(=O)Cc3ccc(C)cc3C)cc2F)c(=O)n1C. The van der Waals surface area contributed by atoms with Gasteiger partial charge in [-0.05, 0) is 77.5 Å². The zero-order valence-electron chi connectivity index (χ0n) is 25.9. The van der Waals surface area contributed by atoms with Crippen LogP contribution in [-0.2, 0) is 22.9 Å². The first-order chi connectivity index (χ1) is 20.0. The molecule has 4 rings (SSSR count). The number of rotatable bonds is 12. The molecule has 0 radical (unpaired) electrons. The fraction of sp³-hybridized carbons (Fsp3) is 0.545. The van der Waals surface area contributed by atoms with E-state index in [-0.39, 0.29) is 35.3 Å². The van der Waals surface area contributed by atoms with Crippen molar-refractivity contribution >= 4 is 5.78 Å². The van der Waals surface area contributed by atoms with Gasteiger partial charge in [0, 0.05) is 26.1 Å². The molecule has 1 aliphatic carbocycles. The summed E-state index contributed by atoms with van der Waals surface area (Å²) in [5.74, 6) is -0.0745. The molecule has 2 aromatic carbocycles. The fourth-order valence-electron chi connectivity index (χ4n) is 5.82. The minimum atomic E-state index is -0.736. The van der Waals surface area contributed by atoms with Crippen LogP contribution in [0.2, 0.25) is 0 Å². The van der Waals surface area contributed by atoms with Crippen molar-refractivity contribution in [2.24, 2.45) is 13.0 Å². The van der Waals surface area contributed by atoms with Crippen LogP contribution in [-0.4, -0.2) is 39.1 Å². The maximum atomic E-state index is 15.8. The molecule has 1 aromatic heterocycles. The third-order valence-electron chi connectivity index (χ3n) is 8.23. The molecule has 1 heterocycles. The van der Waals surface area contributed by atoms with Crippen LogP contribution < -0.4 is 10.4 Å². The second kappa shape index (κ2) is 13.8. The van der Waals surface area contributed by atoms with Gasteiger partial charge in [-0.3, -0.25) is 9.36 Å². The third-order valence-corrected chi connectivity index (χ3v) is 8.23. The fourth-order valence-corrected chi connectivity index (χ4v) is 5.82. The number of hydrogen-bond donors (Lipinski definition) is 0. The smallest absolute Gasteiger partial charge is 0.350 e. The Kier molecular flexibility index (Phi) is 10.4. The average Bonchev–Trinajstić information content (AvgIpc) is 3.25. The number of Topliss-reactive ketones (excluding diaryl/α,β-unsaturated/α-hetero) is 1. The molecule has 42 heavy (non-hydrogen) atoms. The molecule has 9 heteroatoms. The maximum Gasteiger partial charge on any atom is 0.350 e. The Morgan fingerprint density at radius 3 is 2.48 bits per heavy atom. The summed E-state index contributed by atoms with van der Waals surface area (Å²) in [5.41, 5.74) is 2.52. The molecular formula is C33H44FN3O5. The zero-order valence-corrected chi connectivity index (χ0v) is 25.9. The molecule has 0 amide bonds. The van der Waals surface area contributed by atoms with E-state index in [0.29, 0.717) is 18.3 Å². The summed E-state index contributed by atoms with van der Waals surface area (Å²) in [6.45, 7) is 11.8. The van der Waals surface area contributed by atoms with Crippen molar-refractivity contribution in [1.29, 1.82) is 0 Å². The summed E-state index contributed by atoms with van der Waals surface area (Å²) >= 11 is 0. The molecule has 3 unspecified atom stereocenters. The van der Waals surface area contributed by atoms with E-state index < -0.39 is 23.9 Å². The second-order valence-electron chi connectivity index (χ2n) is 11.5. The normalized spacial score (nSPS) is 16.3. The molecule has 0 N–H and O–H groups in total. The van der Waals surface area contributed by atoms with Crippen molar-refractivity contribution < 1.29 is 23.4 Å². The number of aromatic nitrogens is 3. The highest BCUT2D eigenvalue weighted by atomic mass is 19.1. The van der Waals surface area contributed by atoms with Crippen molar-refractivity contribution in [3.8, 4) is 11.4 Å². The Balaban J connectivity index is 1.73. The van der Waals surface area contributed by atoms with Gasteiger partial charge in [0.25, 0.3) is 0 Å². The van der Waals surface area contributed by atoms with E-state index >= 15 is 4.39 Å². The molecule has 0 aliphatic heterocycles. The quantitative estimate of drug-likeness (QED) is 0.178. The highest BCUT2D eigenvalue weighted by molar-refractivity contribution is 6.00. The molecule has 0 bridgehead atoms. The molecule has 1 fully saturated rings. The van der Waals surface area contributed by atoms with Gasteiger partial charge in [0.05, 0.1) is 11.7 Å². The molecule has 8 nitrogen and oxygen atoms in total. The molecule has 228 valence electrons. The number of hydrogen-bond acceptors (Lipinski definition) is 6. The lowest BCUT2D eigenvalue weighted by Gasteiger charge is -2.29. The van der Waals surface area contributed by atoms with Crippen LogP contribution in [0.5, 0.6) is 5.75 Å². The van der Waals surface area contributed by atoms with Gasteiger partial charge < -0.3 is 14.2 Å². The van der Waals surface area contributed by atoms with E-state index in [4.69, 9.17) is 14.2 Å². The number of aryl methyl sites for hydroxylation is 2.